The Labute approximate surface area is 128 Å². The first kappa shape index (κ1) is 17.9. The maximum Gasteiger partial charge on any atom is 0.241 e. The fourth-order valence-corrected chi connectivity index (χ4v) is 2.53. The van der Waals surface area contributed by atoms with Crippen LogP contribution in [0.1, 0.15) is 33.6 Å². The van der Waals surface area contributed by atoms with Crippen molar-refractivity contribution in [2.24, 2.45) is 11.7 Å². The van der Waals surface area contributed by atoms with Crippen molar-refractivity contribution < 1.29 is 9.59 Å². The monoisotopic (exact) mass is 298 g/mol. The van der Waals surface area contributed by atoms with E-state index in [0.29, 0.717) is 6.04 Å². The summed E-state index contributed by atoms with van der Waals surface area (Å²) in [5.74, 6) is -0.253. The molecule has 1 aliphatic heterocycles. The topological polar surface area (TPSA) is 78.7 Å². The third-order valence-corrected chi connectivity index (χ3v) is 4.56. The van der Waals surface area contributed by atoms with Gasteiger partial charge >= 0.3 is 0 Å². The summed E-state index contributed by atoms with van der Waals surface area (Å²) in [5, 5.41) is 2.64. The Balaban J connectivity index is 2.43. The Hall–Kier alpha value is -1.14. The number of rotatable bonds is 5. The summed E-state index contributed by atoms with van der Waals surface area (Å²) >= 11 is 0. The normalized spacial score (nSPS) is 24.7. The Morgan fingerprint density at radius 2 is 2.05 bits per heavy atom. The quantitative estimate of drug-likeness (QED) is 0.750. The maximum absolute atomic E-state index is 12.2. The summed E-state index contributed by atoms with van der Waals surface area (Å²) in [4.78, 5) is 28.0. The average molecular weight is 298 g/mol. The molecule has 1 heterocycles. The second-order valence-corrected chi connectivity index (χ2v) is 6.50. The van der Waals surface area contributed by atoms with Gasteiger partial charge in [0, 0.05) is 25.7 Å². The van der Waals surface area contributed by atoms with Crippen molar-refractivity contribution in [3.05, 3.63) is 0 Å². The summed E-state index contributed by atoms with van der Waals surface area (Å²) in [6, 6.07) is 0.161. The summed E-state index contributed by atoms with van der Waals surface area (Å²) in [7, 11) is 3.93. The van der Waals surface area contributed by atoms with Crippen LogP contribution in [0, 0.1) is 5.92 Å². The maximum atomic E-state index is 12.2. The zero-order valence-corrected chi connectivity index (χ0v) is 13.9. The molecule has 0 bridgehead atoms. The second kappa shape index (κ2) is 7.75. The van der Waals surface area contributed by atoms with Gasteiger partial charge in [0.1, 0.15) is 0 Å². The SMILES string of the molecule is CC(C)[C@H](N)C(=O)NCC(=O)N(C)C1CCN(C)C(C)C1. The second-order valence-electron chi connectivity index (χ2n) is 6.50. The molecule has 122 valence electrons. The van der Waals surface area contributed by atoms with E-state index in [2.05, 4.69) is 24.2 Å². The lowest BCUT2D eigenvalue weighted by Gasteiger charge is -2.39. The minimum atomic E-state index is -0.563. The number of hydrogen-bond acceptors (Lipinski definition) is 4. The molecule has 21 heavy (non-hydrogen) atoms. The fraction of sp³-hybridized carbons (Fsp3) is 0.867. The van der Waals surface area contributed by atoms with Crippen LogP contribution in [0.3, 0.4) is 0 Å². The summed E-state index contributed by atoms with van der Waals surface area (Å²) in [6.45, 7) is 6.97. The Bertz CT molecular complexity index is 373. The molecule has 0 aromatic rings. The minimum absolute atomic E-state index is 0.0243. The highest BCUT2D eigenvalue weighted by atomic mass is 16.2. The van der Waals surface area contributed by atoms with Gasteiger partial charge in [0.2, 0.25) is 11.8 Å². The minimum Gasteiger partial charge on any atom is -0.346 e. The third-order valence-electron chi connectivity index (χ3n) is 4.56. The van der Waals surface area contributed by atoms with Crippen LogP contribution in [0.25, 0.3) is 0 Å². The van der Waals surface area contributed by atoms with Gasteiger partial charge in [0.05, 0.1) is 12.6 Å². The molecule has 1 rings (SSSR count). The van der Waals surface area contributed by atoms with E-state index in [1.807, 2.05) is 20.9 Å². The van der Waals surface area contributed by atoms with Gasteiger partial charge in [-0.25, -0.2) is 0 Å². The molecule has 0 saturated carbocycles. The highest BCUT2D eigenvalue weighted by molar-refractivity contribution is 5.87. The number of carbonyl (C=O) groups is 2. The fourth-order valence-electron chi connectivity index (χ4n) is 2.53. The zero-order valence-electron chi connectivity index (χ0n) is 13.9. The van der Waals surface area contributed by atoms with Gasteiger partial charge in [0.25, 0.3) is 0 Å². The Kier molecular flexibility index (Phi) is 6.61. The number of amides is 2. The molecule has 0 radical (unpaired) electrons. The van der Waals surface area contributed by atoms with Crippen LogP contribution >= 0.6 is 0 Å². The number of carbonyl (C=O) groups excluding carboxylic acids is 2. The number of nitrogens with two attached hydrogens (primary N) is 1. The molecule has 2 unspecified atom stereocenters. The van der Waals surface area contributed by atoms with E-state index in [1.165, 1.54) is 0 Å². The van der Waals surface area contributed by atoms with E-state index in [9.17, 15) is 9.59 Å². The van der Waals surface area contributed by atoms with Gasteiger partial charge in [-0.3, -0.25) is 9.59 Å². The number of nitrogens with one attached hydrogen (secondary N) is 1. The molecule has 3 N–H and O–H groups in total. The van der Waals surface area contributed by atoms with Crippen LogP contribution in [0.2, 0.25) is 0 Å². The third kappa shape index (κ3) is 4.97. The summed E-state index contributed by atoms with van der Waals surface area (Å²) in [6.07, 6.45) is 1.95. The smallest absolute Gasteiger partial charge is 0.241 e. The van der Waals surface area contributed by atoms with Gasteiger partial charge in [-0.15, -0.1) is 0 Å². The van der Waals surface area contributed by atoms with Crippen LogP contribution in [0.15, 0.2) is 0 Å². The van der Waals surface area contributed by atoms with Gasteiger partial charge < -0.3 is 20.9 Å². The van der Waals surface area contributed by atoms with Crippen LogP contribution in [-0.4, -0.2) is 66.9 Å². The van der Waals surface area contributed by atoms with E-state index < -0.39 is 6.04 Å². The predicted molar refractivity (Wildman–Crippen MR) is 83.7 cm³/mol. The highest BCUT2D eigenvalue weighted by Gasteiger charge is 2.28. The van der Waals surface area contributed by atoms with Crippen LogP contribution in [-0.2, 0) is 9.59 Å². The van der Waals surface area contributed by atoms with E-state index in [4.69, 9.17) is 5.73 Å². The average Bonchev–Trinajstić information content (AvgIpc) is 2.45. The number of nitrogens with zero attached hydrogens (tertiary/aromatic N) is 2. The summed E-state index contributed by atoms with van der Waals surface area (Å²) < 4.78 is 0. The zero-order chi connectivity index (χ0) is 16.2. The van der Waals surface area contributed by atoms with Crippen LogP contribution in [0.4, 0.5) is 0 Å². The largest absolute Gasteiger partial charge is 0.346 e. The van der Waals surface area contributed by atoms with Crippen LogP contribution in [0.5, 0.6) is 0 Å². The Morgan fingerprint density at radius 1 is 1.43 bits per heavy atom. The van der Waals surface area contributed by atoms with Crippen molar-refractivity contribution in [2.75, 3.05) is 27.2 Å². The number of piperidine rings is 1. The summed E-state index contributed by atoms with van der Waals surface area (Å²) in [5.41, 5.74) is 5.76. The Morgan fingerprint density at radius 3 is 2.57 bits per heavy atom. The molecule has 0 aromatic carbocycles. The van der Waals surface area contributed by atoms with Crippen molar-refractivity contribution in [3.8, 4) is 0 Å². The number of hydrogen-bond donors (Lipinski definition) is 2. The lowest BCUT2D eigenvalue weighted by atomic mass is 9.98. The molecule has 0 aliphatic carbocycles. The van der Waals surface area contributed by atoms with E-state index in [1.54, 1.807) is 4.90 Å². The van der Waals surface area contributed by atoms with Crippen molar-refractivity contribution in [1.29, 1.82) is 0 Å². The molecule has 0 spiro atoms. The van der Waals surface area contributed by atoms with Crippen molar-refractivity contribution in [3.63, 3.8) is 0 Å². The molecule has 1 fully saturated rings. The molecule has 0 aromatic heterocycles. The predicted octanol–water partition coefficient (Wildman–Crippen LogP) is 0.0270. The molecule has 1 saturated heterocycles. The van der Waals surface area contributed by atoms with Gasteiger partial charge in [-0.2, -0.15) is 0 Å². The van der Waals surface area contributed by atoms with E-state index in [-0.39, 0.29) is 30.3 Å². The molecule has 6 nitrogen and oxygen atoms in total. The van der Waals surface area contributed by atoms with Gasteiger partial charge in [-0.05, 0) is 32.7 Å². The molecule has 6 heteroatoms. The van der Waals surface area contributed by atoms with Crippen LogP contribution < -0.4 is 11.1 Å². The highest BCUT2D eigenvalue weighted by Crippen LogP contribution is 2.19. The molecular formula is C15H30N4O2. The van der Waals surface area contributed by atoms with E-state index >= 15 is 0 Å². The van der Waals surface area contributed by atoms with Gasteiger partial charge in [0.15, 0.2) is 0 Å². The lowest BCUT2D eigenvalue weighted by molar-refractivity contribution is -0.134. The molecule has 1 aliphatic rings. The molecule has 3 atom stereocenters. The van der Waals surface area contributed by atoms with Gasteiger partial charge in [-0.1, -0.05) is 13.8 Å². The standard InChI is InChI=1S/C15H30N4O2/c1-10(2)14(16)15(21)17-9-13(20)19(5)12-6-7-18(4)11(3)8-12/h10-12,14H,6-9,16H2,1-5H3,(H,17,21)/t11?,12?,14-/m0/s1. The number of likely N-dealkylation sites (N-methyl/N-ethyl adjacent to an activating group) is 1. The first-order chi connectivity index (χ1) is 9.73. The van der Waals surface area contributed by atoms with E-state index in [0.717, 1.165) is 19.4 Å². The molecule has 2 amide bonds. The number of likely N-dealkylation sites (tertiary alicyclic amines) is 1. The van der Waals surface area contributed by atoms with Crippen molar-refractivity contribution >= 4 is 11.8 Å². The van der Waals surface area contributed by atoms with Crippen molar-refractivity contribution in [1.82, 2.24) is 15.1 Å². The van der Waals surface area contributed by atoms with Crippen molar-refractivity contribution in [2.45, 2.75) is 51.7 Å². The first-order valence-electron chi connectivity index (χ1n) is 7.73. The molecular weight excluding hydrogens is 268 g/mol. The first-order valence-corrected chi connectivity index (χ1v) is 7.73. The lowest BCUT2D eigenvalue weighted by Crippen LogP contribution is -2.51.